The Labute approximate surface area is 198 Å². The van der Waals surface area contributed by atoms with Gasteiger partial charge in [-0.1, -0.05) is 32.9 Å². The van der Waals surface area contributed by atoms with Crippen molar-refractivity contribution in [1.29, 1.82) is 0 Å². The van der Waals surface area contributed by atoms with Gasteiger partial charge in [0.2, 0.25) is 5.91 Å². The number of amides is 1. The average Bonchev–Trinajstić information content (AvgIpc) is 3.07. The summed E-state index contributed by atoms with van der Waals surface area (Å²) in [6, 6.07) is 7.56. The molecule has 6 nitrogen and oxygen atoms in total. The molecule has 1 aromatic rings. The number of nitrogens with one attached hydrogen (secondary N) is 1. The molecule has 3 aliphatic carbocycles. The lowest BCUT2D eigenvalue weighted by atomic mass is 9.45. The van der Waals surface area contributed by atoms with Crippen molar-refractivity contribution in [3.05, 3.63) is 33.4 Å². The predicted octanol–water partition coefficient (Wildman–Crippen LogP) is 2.95. The SMILES string of the molecule is C[C@@H]1[C@@H](NC(=O)[C@@H]2[C@H]([C@H](C)O)[C@H](CO)ON2Cc2cccc(I)c2)C[C@@H]2C[C@H]1C2(C)C. The van der Waals surface area contributed by atoms with E-state index in [1.807, 2.05) is 18.2 Å². The molecule has 4 fully saturated rings. The van der Waals surface area contributed by atoms with Gasteiger partial charge in [-0.05, 0) is 83.2 Å². The van der Waals surface area contributed by atoms with Crippen LogP contribution in [0, 0.1) is 32.7 Å². The van der Waals surface area contributed by atoms with Crippen LogP contribution in [0.15, 0.2) is 24.3 Å². The number of hydroxylamine groups is 2. The van der Waals surface area contributed by atoms with Crippen molar-refractivity contribution in [3.63, 3.8) is 0 Å². The van der Waals surface area contributed by atoms with E-state index in [9.17, 15) is 15.0 Å². The first-order valence-electron chi connectivity index (χ1n) is 11.4. The van der Waals surface area contributed by atoms with E-state index < -0.39 is 24.2 Å². The highest BCUT2D eigenvalue weighted by Gasteiger charge is 2.57. The second-order valence-electron chi connectivity index (χ2n) is 10.4. The first-order valence-corrected chi connectivity index (χ1v) is 12.5. The number of aliphatic hydroxyl groups is 2. The van der Waals surface area contributed by atoms with Crippen LogP contribution in [-0.4, -0.2) is 52.1 Å². The maximum Gasteiger partial charge on any atom is 0.240 e. The molecule has 1 aromatic carbocycles. The highest BCUT2D eigenvalue weighted by Crippen LogP contribution is 2.61. The van der Waals surface area contributed by atoms with Gasteiger partial charge in [-0.3, -0.25) is 9.63 Å². The number of aliphatic hydroxyl groups excluding tert-OH is 2. The van der Waals surface area contributed by atoms with Crippen molar-refractivity contribution >= 4 is 28.5 Å². The molecule has 3 N–H and O–H groups in total. The number of nitrogens with zero attached hydrogens (tertiary/aromatic N) is 1. The van der Waals surface area contributed by atoms with Gasteiger partial charge in [-0.25, -0.2) is 0 Å². The fraction of sp³-hybridized carbons (Fsp3) is 0.708. The van der Waals surface area contributed by atoms with Gasteiger partial charge in [0.25, 0.3) is 0 Å². The lowest BCUT2D eigenvalue weighted by Gasteiger charge is -2.62. The molecule has 2 bridgehead atoms. The van der Waals surface area contributed by atoms with Crippen LogP contribution in [-0.2, 0) is 16.2 Å². The first-order chi connectivity index (χ1) is 14.6. The molecule has 31 heavy (non-hydrogen) atoms. The minimum Gasteiger partial charge on any atom is -0.394 e. The van der Waals surface area contributed by atoms with E-state index >= 15 is 0 Å². The van der Waals surface area contributed by atoms with Crippen molar-refractivity contribution in [2.24, 2.45) is 29.1 Å². The number of carbonyl (C=O) groups excluding carboxylic acids is 1. The number of carbonyl (C=O) groups is 1. The Morgan fingerprint density at radius 1 is 1.39 bits per heavy atom. The third kappa shape index (κ3) is 4.28. The van der Waals surface area contributed by atoms with Gasteiger partial charge in [0.1, 0.15) is 12.1 Å². The first kappa shape index (κ1) is 23.4. The van der Waals surface area contributed by atoms with Crippen molar-refractivity contribution in [1.82, 2.24) is 10.4 Å². The van der Waals surface area contributed by atoms with Crippen LogP contribution < -0.4 is 5.32 Å². The number of benzene rings is 1. The molecule has 1 saturated heterocycles. The van der Waals surface area contributed by atoms with Gasteiger partial charge in [0, 0.05) is 15.5 Å². The van der Waals surface area contributed by atoms with E-state index in [4.69, 9.17) is 4.84 Å². The summed E-state index contributed by atoms with van der Waals surface area (Å²) in [6.45, 7) is 8.82. The molecule has 0 spiro atoms. The molecule has 8 atom stereocenters. The molecule has 0 unspecified atom stereocenters. The summed E-state index contributed by atoms with van der Waals surface area (Å²) in [6.07, 6.45) is 0.887. The van der Waals surface area contributed by atoms with Crippen molar-refractivity contribution in [3.8, 4) is 0 Å². The summed E-state index contributed by atoms with van der Waals surface area (Å²) in [7, 11) is 0. The summed E-state index contributed by atoms with van der Waals surface area (Å²) in [5.41, 5.74) is 1.39. The summed E-state index contributed by atoms with van der Waals surface area (Å²) >= 11 is 2.27. The molecule has 5 rings (SSSR count). The Hall–Kier alpha value is -0.740. The van der Waals surface area contributed by atoms with Crippen molar-refractivity contribution in [2.45, 2.75) is 71.4 Å². The molecular formula is C24H35IN2O4. The fourth-order valence-electron chi connectivity index (χ4n) is 6.30. The Morgan fingerprint density at radius 2 is 2.13 bits per heavy atom. The summed E-state index contributed by atoms with van der Waals surface area (Å²) < 4.78 is 1.11. The number of hydrogen-bond donors (Lipinski definition) is 3. The van der Waals surface area contributed by atoms with Gasteiger partial charge in [0.15, 0.2) is 0 Å². The maximum absolute atomic E-state index is 13.6. The lowest BCUT2D eigenvalue weighted by molar-refractivity contribution is -0.183. The van der Waals surface area contributed by atoms with E-state index in [0.717, 1.165) is 15.6 Å². The van der Waals surface area contributed by atoms with Crippen LogP contribution in [0.3, 0.4) is 0 Å². The standard InChI is InChI=1S/C24H35IN2O4/c1-13-18-9-16(24(18,3)4)10-19(13)26-23(30)22-21(14(2)29)20(12-28)31-27(22)11-15-6-5-7-17(25)8-15/h5-8,13-14,16,18-22,28-29H,9-12H2,1-4H3,(H,26,30)/t13-,14-,16-,18+,19-,20-,21+,22-/m0/s1. The highest BCUT2D eigenvalue weighted by atomic mass is 127. The number of rotatable bonds is 6. The molecule has 0 radical (unpaired) electrons. The van der Waals surface area contributed by atoms with Gasteiger partial charge in [-0.15, -0.1) is 0 Å². The van der Waals surface area contributed by atoms with Crippen LogP contribution in [0.25, 0.3) is 0 Å². The van der Waals surface area contributed by atoms with Crippen molar-refractivity contribution in [2.75, 3.05) is 6.61 Å². The third-order valence-electron chi connectivity index (χ3n) is 8.29. The van der Waals surface area contributed by atoms with Crippen LogP contribution in [0.2, 0.25) is 0 Å². The van der Waals surface area contributed by atoms with Crippen LogP contribution in [0.1, 0.15) is 46.1 Å². The number of halogens is 1. The molecule has 172 valence electrons. The lowest BCUT2D eigenvalue weighted by Crippen LogP contribution is -2.62. The summed E-state index contributed by atoms with van der Waals surface area (Å²) in [5, 5.41) is 25.3. The second kappa shape index (κ2) is 8.89. The Kier molecular flexibility index (Phi) is 6.72. The molecule has 7 heteroatoms. The average molecular weight is 542 g/mol. The molecule has 4 aliphatic rings. The van der Waals surface area contributed by atoms with E-state index in [1.165, 1.54) is 6.42 Å². The largest absolute Gasteiger partial charge is 0.394 e. The Bertz CT molecular complexity index is 817. The van der Waals surface area contributed by atoms with Gasteiger partial charge in [0.05, 0.1) is 19.3 Å². The van der Waals surface area contributed by atoms with Crippen LogP contribution >= 0.6 is 22.6 Å². The highest BCUT2D eigenvalue weighted by molar-refractivity contribution is 14.1. The van der Waals surface area contributed by atoms with E-state index in [-0.39, 0.29) is 18.6 Å². The van der Waals surface area contributed by atoms with E-state index in [0.29, 0.717) is 29.7 Å². The quantitative estimate of drug-likeness (QED) is 0.482. The Morgan fingerprint density at radius 3 is 2.71 bits per heavy atom. The maximum atomic E-state index is 13.6. The number of fused-ring (bicyclic) bond motifs is 2. The normalized spacial score (nSPS) is 37.8. The van der Waals surface area contributed by atoms with Gasteiger partial charge in [-0.2, -0.15) is 5.06 Å². The number of hydrogen-bond acceptors (Lipinski definition) is 5. The molecule has 1 heterocycles. The smallest absolute Gasteiger partial charge is 0.240 e. The monoisotopic (exact) mass is 542 g/mol. The molecule has 1 amide bonds. The minimum atomic E-state index is -0.773. The second-order valence-corrected chi connectivity index (χ2v) is 11.6. The van der Waals surface area contributed by atoms with Gasteiger partial charge < -0.3 is 15.5 Å². The molecule has 3 saturated carbocycles. The van der Waals surface area contributed by atoms with E-state index in [2.05, 4.69) is 54.7 Å². The van der Waals surface area contributed by atoms with Crippen LogP contribution in [0.5, 0.6) is 0 Å². The minimum absolute atomic E-state index is 0.108. The topological polar surface area (TPSA) is 82.0 Å². The van der Waals surface area contributed by atoms with Crippen LogP contribution in [0.4, 0.5) is 0 Å². The third-order valence-corrected chi connectivity index (χ3v) is 8.96. The molecular weight excluding hydrogens is 507 g/mol. The zero-order valence-electron chi connectivity index (χ0n) is 18.8. The molecule has 1 aliphatic heterocycles. The summed E-state index contributed by atoms with van der Waals surface area (Å²) in [4.78, 5) is 19.6. The zero-order valence-corrected chi connectivity index (χ0v) is 21.0. The van der Waals surface area contributed by atoms with Crippen molar-refractivity contribution < 1.29 is 19.8 Å². The van der Waals surface area contributed by atoms with E-state index in [1.54, 1.807) is 12.0 Å². The fourth-order valence-corrected chi connectivity index (χ4v) is 6.91. The van der Waals surface area contributed by atoms with Gasteiger partial charge >= 0.3 is 0 Å². The summed E-state index contributed by atoms with van der Waals surface area (Å²) in [5.74, 6) is 1.12. The zero-order chi connectivity index (χ0) is 22.5. The Balaban J connectivity index is 1.53. The predicted molar refractivity (Wildman–Crippen MR) is 127 cm³/mol. The molecule has 0 aromatic heterocycles.